The molecular formula is C15H26N2O. The molecule has 0 aromatic carbocycles. The van der Waals surface area contributed by atoms with E-state index in [4.69, 9.17) is 4.42 Å². The maximum Gasteiger partial charge on any atom is 0.118 e. The summed E-state index contributed by atoms with van der Waals surface area (Å²) in [6.45, 7) is 8.54. The Morgan fingerprint density at radius 2 is 1.94 bits per heavy atom. The lowest BCUT2D eigenvalue weighted by Gasteiger charge is -2.26. The predicted molar refractivity (Wildman–Crippen MR) is 74.3 cm³/mol. The van der Waals surface area contributed by atoms with Crippen molar-refractivity contribution in [1.82, 2.24) is 10.2 Å². The standard InChI is InChI=1S/C15H26N2O/c1-11(2)12(3)17(4)10-15-8-7-14(18-15)9-16-13-5-6-13/h7-8,11-13,16H,5-6,9-10H2,1-4H3. The molecule has 1 N–H and O–H groups in total. The zero-order valence-corrected chi connectivity index (χ0v) is 12.1. The third kappa shape index (κ3) is 3.85. The molecule has 0 radical (unpaired) electrons. The zero-order chi connectivity index (χ0) is 13.1. The molecule has 0 aliphatic heterocycles. The summed E-state index contributed by atoms with van der Waals surface area (Å²) in [6.07, 6.45) is 2.64. The average Bonchev–Trinajstić information content (AvgIpc) is 3.06. The highest BCUT2D eigenvalue weighted by Gasteiger charge is 2.20. The highest BCUT2D eigenvalue weighted by molar-refractivity contribution is 5.07. The Bertz CT molecular complexity index is 368. The van der Waals surface area contributed by atoms with Crippen LogP contribution in [-0.4, -0.2) is 24.0 Å². The Hall–Kier alpha value is -0.800. The number of nitrogens with zero attached hydrogens (tertiary/aromatic N) is 1. The van der Waals surface area contributed by atoms with Crippen LogP contribution in [0.5, 0.6) is 0 Å². The van der Waals surface area contributed by atoms with Gasteiger partial charge in [-0.3, -0.25) is 4.90 Å². The molecule has 1 aromatic heterocycles. The van der Waals surface area contributed by atoms with Crippen molar-refractivity contribution >= 4 is 0 Å². The molecule has 0 spiro atoms. The topological polar surface area (TPSA) is 28.4 Å². The predicted octanol–water partition coefficient (Wildman–Crippen LogP) is 3.01. The lowest BCUT2D eigenvalue weighted by atomic mass is 10.1. The van der Waals surface area contributed by atoms with Crippen molar-refractivity contribution in [2.45, 2.75) is 58.8 Å². The molecule has 1 aromatic rings. The number of rotatable bonds is 7. The summed E-state index contributed by atoms with van der Waals surface area (Å²) >= 11 is 0. The quantitative estimate of drug-likeness (QED) is 0.806. The summed E-state index contributed by atoms with van der Waals surface area (Å²) in [5.74, 6) is 2.79. The van der Waals surface area contributed by atoms with Gasteiger partial charge in [-0.2, -0.15) is 0 Å². The van der Waals surface area contributed by atoms with E-state index in [0.717, 1.165) is 30.7 Å². The Labute approximate surface area is 111 Å². The van der Waals surface area contributed by atoms with E-state index in [-0.39, 0.29) is 0 Å². The molecule has 2 rings (SSSR count). The summed E-state index contributed by atoms with van der Waals surface area (Å²) in [4.78, 5) is 2.35. The maximum absolute atomic E-state index is 5.86. The van der Waals surface area contributed by atoms with Crippen molar-refractivity contribution < 1.29 is 4.42 Å². The van der Waals surface area contributed by atoms with Gasteiger partial charge in [0.25, 0.3) is 0 Å². The SMILES string of the molecule is CC(C)C(C)N(C)Cc1ccc(CNC2CC2)o1. The van der Waals surface area contributed by atoms with Gasteiger partial charge in [0, 0.05) is 12.1 Å². The second kappa shape index (κ2) is 5.89. The first-order valence-corrected chi connectivity index (χ1v) is 7.07. The number of furan rings is 1. The monoisotopic (exact) mass is 250 g/mol. The first-order chi connectivity index (χ1) is 8.56. The van der Waals surface area contributed by atoms with Crippen LogP contribution in [0.2, 0.25) is 0 Å². The first kappa shape index (κ1) is 13.6. The fraction of sp³-hybridized carbons (Fsp3) is 0.733. The van der Waals surface area contributed by atoms with Gasteiger partial charge in [0.2, 0.25) is 0 Å². The molecule has 3 nitrogen and oxygen atoms in total. The van der Waals surface area contributed by atoms with Crippen molar-refractivity contribution in [3.8, 4) is 0 Å². The van der Waals surface area contributed by atoms with Gasteiger partial charge < -0.3 is 9.73 Å². The average molecular weight is 250 g/mol. The van der Waals surface area contributed by atoms with Crippen LogP contribution in [0.1, 0.15) is 45.1 Å². The molecule has 18 heavy (non-hydrogen) atoms. The van der Waals surface area contributed by atoms with Crippen molar-refractivity contribution in [3.05, 3.63) is 23.7 Å². The highest BCUT2D eigenvalue weighted by atomic mass is 16.3. The van der Waals surface area contributed by atoms with E-state index in [2.05, 4.69) is 50.2 Å². The largest absolute Gasteiger partial charge is 0.463 e. The number of hydrogen-bond donors (Lipinski definition) is 1. The molecule has 0 saturated heterocycles. The molecule has 1 aliphatic carbocycles. The van der Waals surface area contributed by atoms with Crippen LogP contribution in [0.4, 0.5) is 0 Å². The van der Waals surface area contributed by atoms with E-state index in [9.17, 15) is 0 Å². The third-order valence-electron chi connectivity index (χ3n) is 3.92. The molecule has 3 heteroatoms. The fourth-order valence-electron chi connectivity index (χ4n) is 2.03. The number of hydrogen-bond acceptors (Lipinski definition) is 3. The summed E-state index contributed by atoms with van der Waals surface area (Å²) in [7, 11) is 2.16. The Morgan fingerprint density at radius 1 is 1.28 bits per heavy atom. The first-order valence-electron chi connectivity index (χ1n) is 7.07. The van der Waals surface area contributed by atoms with Gasteiger partial charge in [0.15, 0.2) is 0 Å². The minimum atomic E-state index is 0.572. The molecule has 0 amide bonds. The molecular weight excluding hydrogens is 224 g/mol. The van der Waals surface area contributed by atoms with Crippen molar-refractivity contribution in [2.75, 3.05) is 7.05 Å². The Morgan fingerprint density at radius 3 is 2.56 bits per heavy atom. The van der Waals surface area contributed by atoms with Crippen LogP contribution in [0.25, 0.3) is 0 Å². The Kier molecular flexibility index (Phi) is 4.46. The second-order valence-electron chi connectivity index (χ2n) is 5.92. The molecule has 1 aliphatic rings. The lowest BCUT2D eigenvalue weighted by molar-refractivity contribution is 0.185. The Balaban J connectivity index is 1.81. The third-order valence-corrected chi connectivity index (χ3v) is 3.92. The minimum Gasteiger partial charge on any atom is -0.463 e. The van der Waals surface area contributed by atoms with Gasteiger partial charge in [-0.1, -0.05) is 13.8 Å². The minimum absolute atomic E-state index is 0.572. The van der Waals surface area contributed by atoms with Gasteiger partial charge >= 0.3 is 0 Å². The van der Waals surface area contributed by atoms with Crippen LogP contribution in [0, 0.1) is 5.92 Å². The van der Waals surface area contributed by atoms with E-state index in [0.29, 0.717) is 12.0 Å². The van der Waals surface area contributed by atoms with Crippen molar-refractivity contribution in [2.24, 2.45) is 5.92 Å². The van der Waals surface area contributed by atoms with E-state index in [1.165, 1.54) is 12.8 Å². The van der Waals surface area contributed by atoms with E-state index < -0.39 is 0 Å². The van der Waals surface area contributed by atoms with Crippen LogP contribution < -0.4 is 5.32 Å². The van der Waals surface area contributed by atoms with Gasteiger partial charge in [0.05, 0.1) is 13.1 Å². The van der Waals surface area contributed by atoms with Crippen LogP contribution >= 0.6 is 0 Å². The van der Waals surface area contributed by atoms with Gasteiger partial charge in [0.1, 0.15) is 11.5 Å². The van der Waals surface area contributed by atoms with Crippen LogP contribution in [0.3, 0.4) is 0 Å². The lowest BCUT2D eigenvalue weighted by Crippen LogP contribution is -2.32. The van der Waals surface area contributed by atoms with E-state index in [1.807, 2.05) is 0 Å². The summed E-state index contributed by atoms with van der Waals surface area (Å²) in [5, 5.41) is 3.47. The zero-order valence-electron chi connectivity index (χ0n) is 12.1. The molecule has 1 saturated carbocycles. The molecule has 0 bridgehead atoms. The maximum atomic E-state index is 5.86. The number of nitrogens with one attached hydrogen (secondary N) is 1. The summed E-state index contributed by atoms with van der Waals surface area (Å²) < 4.78 is 5.86. The molecule has 102 valence electrons. The van der Waals surface area contributed by atoms with Gasteiger partial charge in [-0.05, 0) is 44.9 Å². The smallest absolute Gasteiger partial charge is 0.118 e. The van der Waals surface area contributed by atoms with Gasteiger partial charge in [-0.15, -0.1) is 0 Å². The highest BCUT2D eigenvalue weighted by Crippen LogP contribution is 2.20. The summed E-state index contributed by atoms with van der Waals surface area (Å²) in [6, 6.07) is 5.51. The molecule has 1 fully saturated rings. The molecule has 1 unspecified atom stereocenters. The molecule has 1 atom stereocenters. The van der Waals surface area contributed by atoms with E-state index >= 15 is 0 Å². The normalized spacial score (nSPS) is 17.7. The van der Waals surface area contributed by atoms with Gasteiger partial charge in [-0.25, -0.2) is 0 Å². The van der Waals surface area contributed by atoms with Crippen molar-refractivity contribution in [3.63, 3.8) is 0 Å². The van der Waals surface area contributed by atoms with E-state index in [1.54, 1.807) is 0 Å². The fourth-order valence-corrected chi connectivity index (χ4v) is 2.03. The molecule has 1 heterocycles. The van der Waals surface area contributed by atoms with Crippen molar-refractivity contribution in [1.29, 1.82) is 0 Å². The van der Waals surface area contributed by atoms with Crippen LogP contribution in [0.15, 0.2) is 16.5 Å². The van der Waals surface area contributed by atoms with Crippen LogP contribution in [-0.2, 0) is 13.1 Å². The second-order valence-corrected chi connectivity index (χ2v) is 5.92. The summed E-state index contributed by atoms with van der Waals surface area (Å²) in [5.41, 5.74) is 0.